The van der Waals surface area contributed by atoms with Gasteiger partial charge in [0.15, 0.2) is 0 Å². The largest absolute Gasteiger partial charge is 0.478 e. The minimum absolute atomic E-state index is 0.0871. The number of nitrogens with one attached hydrogen (secondary N) is 1. The lowest BCUT2D eigenvalue weighted by Crippen LogP contribution is -2.30. The molecular formula is C9H15N3O5S. The van der Waals surface area contributed by atoms with Crippen LogP contribution in [-0.2, 0) is 10.0 Å². The van der Waals surface area contributed by atoms with Crippen molar-refractivity contribution in [2.24, 2.45) is 0 Å². The van der Waals surface area contributed by atoms with E-state index in [4.69, 9.17) is 10.2 Å². The number of sulfonamides is 1. The number of aromatic amines is 1. The SMILES string of the molecule is Cc1[nH]nc(S(=O)(=O)N(C)CCCO)c1C(=O)O. The molecule has 3 N–H and O–H groups in total. The number of aryl methyl sites for hydroxylation is 1. The molecule has 0 spiro atoms. The van der Waals surface area contributed by atoms with E-state index < -0.39 is 21.0 Å². The number of nitrogens with zero attached hydrogens (tertiary/aromatic N) is 2. The highest BCUT2D eigenvalue weighted by Gasteiger charge is 2.31. The molecule has 0 aliphatic rings. The molecule has 8 nitrogen and oxygen atoms in total. The van der Waals surface area contributed by atoms with Gasteiger partial charge in [-0.05, 0) is 13.3 Å². The predicted molar refractivity (Wildman–Crippen MR) is 61.8 cm³/mol. The summed E-state index contributed by atoms with van der Waals surface area (Å²) < 4.78 is 25.1. The lowest BCUT2D eigenvalue weighted by Gasteiger charge is -2.15. The van der Waals surface area contributed by atoms with Gasteiger partial charge >= 0.3 is 5.97 Å². The number of hydrogen-bond donors (Lipinski definition) is 3. The van der Waals surface area contributed by atoms with Crippen molar-refractivity contribution < 1.29 is 23.4 Å². The van der Waals surface area contributed by atoms with Crippen molar-refractivity contribution in [1.29, 1.82) is 0 Å². The molecule has 1 heterocycles. The van der Waals surface area contributed by atoms with E-state index in [1.54, 1.807) is 0 Å². The maximum atomic E-state index is 12.1. The Labute approximate surface area is 104 Å². The normalized spacial score (nSPS) is 12.0. The minimum Gasteiger partial charge on any atom is -0.478 e. The zero-order valence-corrected chi connectivity index (χ0v) is 10.9. The molecule has 9 heteroatoms. The predicted octanol–water partition coefficient (Wildman–Crippen LogP) is -0.581. The van der Waals surface area contributed by atoms with Gasteiger partial charge in [-0.25, -0.2) is 13.2 Å². The number of H-pyrrole nitrogens is 1. The minimum atomic E-state index is -3.97. The van der Waals surface area contributed by atoms with Gasteiger partial charge < -0.3 is 10.2 Å². The third kappa shape index (κ3) is 2.68. The Kier molecular flexibility index (Phi) is 4.43. The zero-order chi connectivity index (χ0) is 13.9. The molecule has 0 saturated heterocycles. The first-order valence-corrected chi connectivity index (χ1v) is 6.61. The van der Waals surface area contributed by atoms with E-state index in [-0.39, 0.29) is 30.8 Å². The van der Waals surface area contributed by atoms with Crippen molar-refractivity contribution in [1.82, 2.24) is 14.5 Å². The van der Waals surface area contributed by atoms with Gasteiger partial charge in [0.25, 0.3) is 10.0 Å². The summed E-state index contributed by atoms with van der Waals surface area (Å²) in [6, 6.07) is 0. The highest BCUT2D eigenvalue weighted by atomic mass is 32.2. The van der Waals surface area contributed by atoms with Gasteiger partial charge in [-0.3, -0.25) is 5.10 Å². The summed E-state index contributed by atoms with van der Waals surface area (Å²) in [7, 11) is -2.66. The number of aliphatic hydroxyl groups excluding tert-OH is 1. The summed E-state index contributed by atoms with van der Waals surface area (Å²) in [5.74, 6) is -1.35. The second-order valence-corrected chi connectivity index (χ2v) is 5.70. The fourth-order valence-corrected chi connectivity index (χ4v) is 2.73. The Bertz CT molecular complexity index is 536. The number of aliphatic hydroxyl groups is 1. The van der Waals surface area contributed by atoms with Crippen LogP contribution >= 0.6 is 0 Å². The first-order valence-electron chi connectivity index (χ1n) is 5.17. The van der Waals surface area contributed by atoms with E-state index >= 15 is 0 Å². The Balaban J connectivity index is 3.17. The van der Waals surface area contributed by atoms with Gasteiger partial charge in [0.2, 0.25) is 5.03 Å². The summed E-state index contributed by atoms with van der Waals surface area (Å²) in [4.78, 5) is 11.0. The molecule has 0 aliphatic carbocycles. The van der Waals surface area contributed by atoms with Crippen LogP contribution in [0.4, 0.5) is 0 Å². The van der Waals surface area contributed by atoms with Crippen LogP contribution in [0, 0.1) is 6.92 Å². The summed E-state index contributed by atoms with van der Waals surface area (Å²) >= 11 is 0. The van der Waals surface area contributed by atoms with Gasteiger partial charge in [0, 0.05) is 25.9 Å². The summed E-state index contributed by atoms with van der Waals surface area (Å²) in [5.41, 5.74) is -0.178. The van der Waals surface area contributed by atoms with Crippen molar-refractivity contribution in [3.63, 3.8) is 0 Å². The lowest BCUT2D eigenvalue weighted by atomic mass is 10.3. The maximum Gasteiger partial charge on any atom is 0.340 e. The molecular weight excluding hydrogens is 262 g/mol. The highest BCUT2D eigenvalue weighted by Crippen LogP contribution is 2.19. The average molecular weight is 277 g/mol. The van der Waals surface area contributed by atoms with E-state index in [1.807, 2.05) is 0 Å². The molecule has 1 aromatic rings. The molecule has 0 radical (unpaired) electrons. The van der Waals surface area contributed by atoms with E-state index in [1.165, 1.54) is 14.0 Å². The maximum absolute atomic E-state index is 12.1. The molecule has 0 amide bonds. The first kappa shape index (κ1) is 14.6. The zero-order valence-electron chi connectivity index (χ0n) is 10.0. The van der Waals surface area contributed by atoms with Gasteiger partial charge in [0.05, 0.1) is 0 Å². The van der Waals surface area contributed by atoms with Crippen LogP contribution in [0.2, 0.25) is 0 Å². The van der Waals surface area contributed by atoms with Crippen molar-refractivity contribution in [2.45, 2.75) is 18.4 Å². The van der Waals surface area contributed by atoms with Crippen LogP contribution in [0.25, 0.3) is 0 Å². The first-order chi connectivity index (χ1) is 8.32. The second kappa shape index (κ2) is 5.46. The number of rotatable bonds is 6. The number of hydrogen-bond acceptors (Lipinski definition) is 5. The summed E-state index contributed by atoms with van der Waals surface area (Å²) in [6.45, 7) is 1.37. The molecule has 1 aromatic heterocycles. The van der Waals surface area contributed by atoms with Crippen molar-refractivity contribution in [3.05, 3.63) is 11.3 Å². The van der Waals surface area contributed by atoms with Crippen molar-refractivity contribution in [3.8, 4) is 0 Å². The molecule has 102 valence electrons. The van der Waals surface area contributed by atoms with Crippen LogP contribution in [0.15, 0.2) is 5.03 Å². The van der Waals surface area contributed by atoms with Gasteiger partial charge in [-0.15, -0.1) is 0 Å². The number of aromatic carboxylic acids is 1. The molecule has 0 atom stereocenters. The monoisotopic (exact) mass is 277 g/mol. The molecule has 0 aromatic carbocycles. The van der Waals surface area contributed by atoms with E-state index in [0.29, 0.717) is 0 Å². The topological polar surface area (TPSA) is 124 Å². The highest BCUT2D eigenvalue weighted by molar-refractivity contribution is 7.89. The van der Waals surface area contributed by atoms with Crippen LogP contribution in [0.5, 0.6) is 0 Å². The molecule has 0 bridgehead atoms. The average Bonchev–Trinajstić information content (AvgIpc) is 2.68. The van der Waals surface area contributed by atoms with Crippen molar-refractivity contribution >= 4 is 16.0 Å². The summed E-state index contributed by atoms with van der Waals surface area (Å²) in [6.07, 6.45) is 0.265. The number of carboxylic acid groups (broad SMARTS) is 1. The fourth-order valence-electron chi connectivity index (χ4n) is 1.41. The lowest BCUT2D eigenvalue weighted by molar-refractivity contribution is 0.0691. The quantitative estimate of drug-likeness (QED) is 0.639. The third-order valence-electron chi connectivity index (χ3n) is 2.41. The fraction of sp³-hybridized carbons (Fsp3) is 0.556. The molecule has 0 saturated carbocycles. The van der Waals surface area contributed by atoms with Gasteiger partial charge in [-0.1, -0.05) is 0 Å². The Morgan fingerprint density at radius 3 is 2.61 bits per heavy atom. The standard InChI is InChI=1S/C9H15N3O5S/c1-6-7(9(14)15)8(11-10-6)18(16,17)12(2)4-3-5-13/h13H,3-5H2,1-2H3,(H,10,11)(H,14,15). The Morgan fingerprint density at radius 2 is 2.11 bits per heavy atom. The molecule has 0 unspecified atom stereocenters. The summed E-state index contributed by atoms with van der Waals surface area (Å²) in [5, 5.41) is 23.0. The van der Waals surface area contributed by atoms with E-state index in [2.05, 4.69) is 10.2 Å². The Morgan fingerprint density at radius 1 is 1.50 bits per heavy atom. The van der Waals surface area contributed by atoms with Crippen LogP contribution in [-0.4, -0.2) is 59.3 Å². The number of aromatic nitrogens is 2. The molecule has 1 rings (SSSR count). The number of carbonyl (C=O) groups is 1. The van der Waals surface area contributed by atoms with Gasteiger partial charge in [0.1, 0.15) is 5.56 Å². The number of carboxylic acids is 1. The van der Waals surface area contributed by atoms with E-state index in [9.17, 15) is 13.2 Å². The van der Waals surface area contributed by atoms with Crippen molar-refractivity contribution in [2.75, 3.05) is 20.2 Å². The second-order valence-electron chi connectivity index (χ2n) is 3.74. The van der Waals surface area contributed by atoms with Gasteiger partial charge in [-0.2, -0.15) is 9.40 Å². The van der Waals surface area contributed by atoms with Crippen LogP contribution in [0.3, 0.4) is 0 Å². The molecule has 0 fully saturated rings. The van der Waals surface area contributed by atoms with E-state index in [0.717, 1.165) is 4.31 Å². The van der Waals surface area contributed by atoms with Crippen LogP contribution in [0.1, 0.15) is 22.5 Å². The third-order valence-corrected chi connectivity index (χ3v) is 4.20. The smallest absolute Gasteiger partial charge is 0.340 e. The molecule has 18 heavy (non-hydrogen) atoms. The van der Waals surface area contributed by atoms with Crippen LogP contribution < -0.4 is 0 Å². The molecule has 0 aliphatic heterocycles. The Hall–Kier alpha value is -1.45.